The highest BCUT2D eigenvalue weighted by Crippen LogP contribution is 2.00. The van der Waals surface area contributed by atoms with Crippen molar-refractivity contribution in [1.82, 2.24) is 15.2 Å². The van der Waals surface area contributed by atoms with Gasteiger partial charge in [0.1, 0.15) is 12.9 Å². The lowest BCUT2D eigenvalue weighted by Gasteiger charge is -2.03. The number of hydrogen-bond donors (Lipinski definition) is 2. The van der Waals surface area contributed by atoms with Gasteiger partial charge in [-0.1, -0.05) is 30.3 Å². The topological polar surface area (TPSA) is 79.9 Å². The number of rotatable bonds is 5. The summed E-state index contributed by atoms with van der Waals surface area (Å²) in [7, 11) is 0. The highest BCUT2D eigenvalue weighted by molar-refractivity contribution is 5.89. The van der Waals surface area contributed by atoms with E-state index >= 15 is 0 Å². The van der Waals surface area contributed by atoms with E-state index in [1.165, 1.54) is 6.33 Å². The highest BCUT2D eigenvalue weighted by atomic mass is 16.5. The molecular formula is C11H12N4O2. The van der Waals surface area contributed by atoms with Gasteiger partial charge in [-0.15, -0.1) is 0 Å². The normalized spacial score (nSPS) is 10.1. The molecule has 0 fully saturated rings. The number of aromatic amines is 1. The number of carbonyl (C=O) groups is 1. The van der Waals surface area contributed by atoms with Crippen molar-refractivity contribution in [3.8, 4) is 0 Å². The van der Waals surface area contributed by atoms with Crippen molar-refractivity contribution in [2.75, 3.05) is 11.9 Å². The Morgan fingerprint density at radius 1 is 1.35 bits per heavy atom. The van der Waals surface area contributed by atoms with Gasteiger partial charge < -0.3 is 4.74 Å². The molecule has 2 N–H and O–H groups in total. The zero-order valence-electron chi connectivity index (χ0n) is 9.09. The van der Waals surface area contributed by atoms with Crippen molar-refractivity contribution in [2.24, 2.45) is 0 Å². The van der Waals surface area contributed by atoms with Crippen LogP contribution in [0.2, 0.25) is 0 Å². The third-order valence-corrected chi connectivity index (χ3v) is 2.02. The number of ether oxygens (including phenoxy) is 1. The molecular weight excluding hydrogens is 220 g/mol. The fraction of sp³-hybridized carbons (Fsp3) is 0.182. The maximum atomic E-state index is 11.4. The molecule has 0 aliphatic heterocycles. The number of hydrogen-bond acceptors (Lipinski definition) is 4. The van der Waals surface area contributed by atoms with E-state index in [0.29, 0.717) is 12.6 Å². The maximum Gasteiger partial charge on any atom is 0.252 e. The second kappa shape index (κ2) is 5.76. The Kier molecular flexibility index (Phi) is 3.82. The van der Waals surface area contributed by atoms with Crippen molar-refractivity contribution in [2.45, 2.75) is 6.61 Å². The van der Waals surface area contributed by atoms with Crippen LogP contribution in [-0.2, 0) is 16.1 Å². The van der Waals surface area contributed by atoms with Crippen LogP contribution in [0.5, 0.6) is 0 Å². The molecule has 0 saturated carbocycles. The van der Waals surface area contributed by atoms with Crippen LogP contribution >= 0.6 is 0 Å². The minimum absolute atomic E-state index is 0.0183. The fourth-order valence-electron chi connectivity index (χ4n) is 1.27. The molecule has 0 aliphatic rings. The molecule has 1 aromatic carbocycles. The summed E-state index contributed by atoms with van der Waals surface area (Å²) in [5.74, 6) is 0.0518. The van der Waals surface area contributed by atoms with Crippen LogP contribution in [0, 0.1) is 0 Å². The first-order valence-corrected chi connectivity index (χ1v) is 5.11. The number of aromatic nitrogens is 3. The Morgan fingerprint density at radius 3 is 2.88 bits per heavy atom. The van der Waals surface area contributed by atoms with Gasteiger partial charge in [-0.3, -0.25) is 10.1 Å². The van der Waals surface area contributed by atoms with Gasteiger partial charge in [0.15, 0.2) is 0 Å². The molecule has 0 aliphatic carbocycles. The Hall–Kier alpha value is -2.21. The number of nitrogens with zero attached hydrogens (tertiary/aromatic N) is 2. The minimum Gasteiger partial charge on any atom is -0.367 e. The summed E-state index contributed by atoms with van der Waals surface area (Å²) in [4.78, 5) is 15.1. The molecule has 0 unspecified atom stereocenters. The molecule has 1 amide bonds. The number of nitrogens with one attached hydrogen (secondary N) is 2. The number of H-pyrrole nitrogens is 1. The highest BCUT2D eigenvalue weighted by Gasteiger charge is 2.03. The third kappa shape index (κ3) is 3.69. The molecule has 1 heterocycles. The largest absolute Gasteiger partial charge is 0.367 e. The average molecular weight is 232 g/mol. The molecule has 0 radical (unpaired) electrons. The molecule has 1 aromatic heterocycles. The van der Waals surface area contributed by atoms with Crippen molar-refractivity contribution in [3.63, 3.8) is 0 Å². The second-order valence-corrected chi connectivity index (χ2v) is 3.36. The lowest BCUT2D eigenvalue weighted by atomic mass is 10.2. The van der Waals surface area contributed by atoms with Gasteiger partial charge in [0.25, 0.3) is 5.91 Å². The SMILES string of the molecule is O=C(COCc1ccccc1)Nc1ncn[nH]1. The molecule has 0 saturated heterocycles. The predicted molar refractivity (Wildman–Crippen MR) is 61.1 cm³/mol. The molecule has 2 aromatic rings. The van der Waals surface area contributed by atoms with E-state index in [1.807, 2.05) is 30.3 Å². The maximum absolute atomic E-state index is 11.4. The first kappa shape index (κ1) is 11.3. The van der Waals surface area contributed by atoms with Crippen LogP contribution in [0.4, 0.5) is 5.95 Å². The van der Waals surface area contributed by atoms with E-state index in [4.69, 9.17) is 4.74 Å². The zero-order chi connectivity index (χ0) is 11.9. The first-order chi connectivity index (χ1) is 8.34. The summed E-state index contributed by atoms with van der Waals surface area (Å²) >= 11 is 0. The van der Waals surface area contributed by atoms with Gasteiger partial charge in [-0.2, -0.15) is 10.1 Å². The summed E-state index contributed by atoms with van der Waals surface area (Å²) in [6, 6.07) is 9.66. The van der Waals surface area contributed by atoms with Gasteiger partial charge in [-0.05, 0) is 5.56 Å². The number of carbonyl (C=O) groups excluding carboxylic acids is 1. The van der Waals surface area contributed by atoms with Gasteiger partial charge in [0.05, 0.1) is 6.61 Å². The smallest absolute Gasteiger partial charge is 0.252 e. The molecule has 88 valence electrons. The number of anilines is 1. The van der Waals surface area contributed by atoms with Crippen LogP contribution < -0.4 is 5.32 Å². The standard InChI is InChI=1S/C11H12N4O2/c16-10(14-11-12-8-13-15-11)7-17-6-9-4-2-1-3-5-9/h1-5,8H,6-7H2,(H2,12,13,14,15,16). The van der Waals surface area contributed by atoms with E-state index in [-0.39, 0.29) is 12.5 Å². The van der Waals surface area contributed by atoms with Crippen molar-refractivity contribution >= 4 is 11.9 Å². The Morgan fingerprint density at radius 2 is 2.18 bits per heavy atom. The van der Waals surface area contributed by atoms with Crippen LogP contribution in [-0.4, -0.2) is 27.7 Å². The van der Waals surface area contributed by atoms with Gasteiger partial charge in [0, 0.05) is 0 Å². The molecule has 17 heavy (non-hydrogen) atoms. The summed E-state index contributed by atoms with van der Waals surface area (Å²) in [6.07, 6.45) is 1.32. The molecule has 6 heteroatoms. The van der Waals surface area contributed by atoms with Gasteiger partial charge >= 0.3 is 0 Å². The van der Waals surface area contributed by atoms with E-state index in [2.05, 4.69) is 20.5 Å². The number of benzene rings is 1. The molecule has 0 spiro atoms. The first-order valence-electron chi connectivity index (χ1n) is 5.11. The van der Waals surface area contributed by atoms with Crippen molar-refractivity contribution in [3.05, 3.63) is 42.2 Å². The average Bonchev–Trinajstić information content (AvgIpc) is 2.83. The molecule has 0 atom stereocenters. The van der Waals surface area contributed by atoms with Crippen LogP contribution in [0.3, 0.4) is 0 Å². The van der Waals surface area contributed by atoms with E-state index in [0.717, 1.165) is 5.56 Å². The Bertz CT molecular complexity index is 456. The minimum atomic E-state index is -0.266. The second-order valence-electron chi connectivity index (χ2n) is 3.36. The lowest BCUT2D eigenvalue weighted by molar-refractivity contribution is -0.121. The number of amides is 1. The summed E-state index contributed by atoms with van der Waals surface area (Å²) in [5, 5.41) is 8.65. The van der Waals surface area contributed by atoms with Crippen molar-refractivity contribution < 1.29 is 9.53 Å². The molecule has 6 nitrogen and oxygen atoms in total. The van der Waals surface area contributed by atoms with E-state index in [1.54, 1.807) is 0 Å². The van der Waals surface area contributed by atoms with Crippen LogP contribution in [0.25, 0.3) is 0 Å². The third-order valence-electron chi connectivity index (χ3n) is 2.02. The molecule has 2 rings (SSSR count). The quantitative estimate of drug-likeness (QED) is 0.804. The van der Waals surface area contributed by atoms with Gasteiger partial charge in [-0.25, -0.2) is 5.10 Å². The summed E-state index contributed by atoms with van der Waals surface area (Å²) in [6.45, 7) is 0.389. The fourth-order valence-corrected chi connectivity index (χ4v) is 1.27. The predicted octanol–water partition coefficient (Wildman–Crippen LogP) is 0.960. The van der Waals surface area contributed by atoms with Crippen LogP contribution in [0.1, 0.15) is 5.56 Å². The monoisotopic (exact) mass is 232 g/mol. The van der Waals surface area contributed by atoms with E-state index < -0.39 is 0 Å². The van der Waals surface area contributed by atoms with Gasteiger partial charge in [0.2, 0.25) is 5.95 Å². The molecule has 0 bridgehead atoms. The summed E-state index contributed by atoms with van der Waals surface area (Å²) in [5.41, 5.74) is 1.03. The zero-order valence-corrected chi connectivity index (χ0v) is 9.09. The Labute approximate surface area is 98.0 Å². The van der Waals surface area contributed by atoms with Crippen LogP contribution in [0.15, 0.2) is 36.7 Å². The Balaban J connectivity index is 1.70. The lowest BCUT2D eigenvalue weighted by Crippen LogP contribution is -2.19. The summed E-state index contributed by atoms with van der Waals surface area (Å²) < 4.78 is 5.26. The van der Waals surface area contributed by atoms with E-state index in [9.17, 15) is 4.79 Å². The van der Waals surface area contributed by atoms with Crippen molar-refractivity contribution in [1.29, 1.82) is 0 Å².